The topological polar surface area (TPSA) is 78.4 Å². The molecule has 1 saturated heterocycles. The molecule has 3 rings (SSSR count). The summed E-state index contributed by atoms with van der Waals surface area (Å²) in [6.45, 7) is 4.63. The first-order chi connectivity index (χ1) is 12.2. The van der Waals surface area contributed by atoms with Crippen molar-refractivity contribution in [2.75, 3.05) is 31.1 Å². The van der Waals surface area contributed by atoms with Gasteiger partial charge < -0.3 is 15.1 Å². The number of aromatic nitrogens is 2. The standard InChI is InChI=1S/C18H21N5O2/c1-14(15-5-3-2-4-6-15)21-18(25)16-11-17(20-12-19-16)23-9-7-22(13-24)8-10-23/h2-6,11-14H,7-10H2,1H3,(H,21,25). The van der Waals surface area contributed by atoms with E-state index in [0.29, 0.717) is 37.7 Å². The fraction of sp³-hybridized carbons (Fsp3) is 0.333. The van der Waals surface area contributed by atoms with Gasteiger partial charge in [0.15, 0.2) is 0 Å². The van der Waals surface area contributed by atoms with Crippen LogP contribution in [-0.4, -0.2) is 53.4 Å². The molecule has 1 N–H and O–H groups in total. The summed E-state index contributed by atoms with van der Waals surface area (Å²) < 4.78 is 0. The number of piperazine rings is 1. The summed E-state index contributed by atoms with van der Waals surface area (Å²) in [4.78, 5) is 35.4. The Morgan fingerprint density at radius 1 is 1.16 bits per heavy atom. The number of carbonyl (C=O) groups excluding carboxylic acids is 2. The lowest BCUT2D eigenvalue weighted by Gasteiger charge is -2.33. The molecule has 1 atom stereocenters. The maximum absolute atomic E-state index is 12.5. The Labute approximate surface area is 146 Å². The van der Waals surface area contributed by atoms with Crippen molar-refractivity contribution in [3.8, 4) is 0 Å². The second kappa shape index (κ2) is 7.74. The average molecular weight is 339 g/mol. The van der Waals surface area contributed by atoms with Gasteiger partial charge >= 0.3 is 0 Å². The minimum absolute atomic E-state index is 0.108. The maximum Gasteiger partial charge on any atom is 0.270 e. The smallest absolute Gasteiger partial charge is 0.270 e. The highest BCUT2D eigenvalue weighted by atomic mass is 16.2. The van der Waals surface area contributed by atoms with Gasteiger partial charge in [-0.25, -0.2) is 9.97 Å². The lowest BCUT2D eigenvalue weighted by molar-refractivity contribution is -0.118. The van der Waals surface area contributed by atoms with Gasteiger partial charge in [0.2, 0.25) is 6.41 Å². The van der Waals surface area contributed by atoms with Gasteiger partial charge in [-0.2, -0.15) is 0 Å². The fourth-order valence-corrected chi connectivity index (χ4v) is 2.80. The highest BCUT2D eigenvalue weighted by molar-refractivity contribution is 5.93. The first kappa shape index (κ1) is 16.9. The van der Waals surface area contributed by atoms with Crippen molar-refractivity contribution in [1.29, 1.82) is 0 Å². The lowest BCUT2D eigenvalue weighted by Crippen LogP contribution is -2.46. The Bertz CT molecular complexity index is 729. The molecule has 0 radical (unpaired) electrons. The van der Waals surface area contributed by atoms with Crippen molar-refractivity contribution in [3.63, 3.8) is 0 Å². The highest BCUT2D eigenvalue weighted by Gasteiger charge is 2.19. The van der Waals surface area contributed by atoms with E-state index in [4.69, 9.17) is 0 Å². The SMILES string of the molecule is CC(NC(=O)c1cc(N2CCN(C=O)CC2)ncn1)c1ccccc1. The van der Waals surface area contributed by atoms with Crippen LogP contribution in [0.25, 0.3) is 0 Å². The molecule has 1 aliphatic rings. The number of benzene rings is 1. The zero-order valence-corrected chi connectivity index (χ0v) is 14.1. The Morgan fingerprint density at radius 3 is 2.56 bits per heavy atom. The molecule has 1 unspecified atom stereocenters. The van der Waals surface area contributed by atoms with Crippen LogP contribution in [0.2, 0.25) is 0 Å². The summed E-state index contributed by atoms with van der Waals surface area (Å²) in [5.41, 5.74) is 1.38. The molecule has 0 spiro atoms. The number of hydrogen-bond donors (Lipinski definition) is 1. The molecule has 2 aromatic rings. The third-order valence-corrected chi connectivity index (χ3v) is 4.32. The van der Waals surface area contributed by atoms with Crippen LogP contribution in [0, 0.1) is 0 Å². The predicted octanol–water partition coefficient (Wildman–Crippen LogP) is 1.25. The van der Waals surface area contributed by atoms with Crippen molar-refractivity contribution in [2.45, 2.75) is 13.0 Å². The van der Waals surface area contributed by atoms with Gasteiger partial charge in [0.25, 0.3) is 5.91 Å². The minimum atomic E-state index is -0.230. The molecule has 25 heavy (non-hydrogen) atoms. The van der Waals surface area contributed by atoms with Crippen LogP contribution in [0.5, 0.6) is 0 Å². The van der Waals surface area contributed by atoms with Crippen LogP contribution in [0.1, 0.15) is 29.0 Å². The third kappa shape index (κ3) is 4.12. The first-order valence-corrected chi connectivity index (χ1v) is 8.29. The Balaban J connectivity index is 1.66. The highest BCUT2D eigenvalue weighted by Crippen LogP contribution is 2.15. The summed E-state index contributed by atoms with van der Waals surface area (Å²) in [6, 6.07) is 11.4. The fourth-order valence-electron chi connectivity index (χ4n) is 2.80. The molecule has 1 aliphatic heterocycles. The van der Waals surface area contributed by atoms with Gasteiger partial charge in [-0.1, -0.05) is 30.3 Å². The van der Waals surface area contributed by atoms with Crippen LogP contribution in [0.3, 0.4) is 0 Å². The normalized spacial score (nSPS) is 15.6. The van der Waals surface area contributed by atoms with Gasteiger partial charge in [0.1, 0.15) is 17.8 Å². The average Bonchev–Trinajstić information content (AvgIpc) is 2.68. The Morgan fingerprint density at radius 2 is 1.88 bits per heavy atom. The second-order valence-corrected chi connectivity index (χ2v) is 6.00. The summed E-state index contributed by atoms with van der Waals surface area (Å²) in [5, 5.41) is 2.96. The largest absolute Gasteiger partial charge is 0.353 e. The van der Waals surface area contributed by atoms with Crippen LogP contribution >= 0.6 is 0 Å². The van der Waals surface area contributed by atoms with E-state index in [-0.39, 0.29) is 11.9 Å². The van der Waals surface area contributed by atoms with E-state index >= 15 is 0 Å². The number of anilines is 1. The number of amides is 2. The van der Waals surface area contributed by atoms with Crippen LogP contribution in [-0.2, 0) is 4.79 Å². The number of hydrogen-bond acceptors (Lipinski definition) is 5. The van der Waals surface area contributed by atoms with Crippen molar-refractivity contribution in [1.82, 2.24) is 20.2 Å². The van der Waals surface area contributed by atoms with E-state index < -0.39 is 0 Å². The first-order valence-electron chi connectivity index (χ1n) is 8.29. The molecule has 1 aromatic heterocycles. The zero-order chi connectivity index (χ0) is 17.6. The quantitative estimate of drug-likeness (QED) is 0.830. The van der Waals surface area contributed by atoms with E-state index in [0.717, 1.165) is 12.0 Å². The number of nitrogens with one attached hydrogen (secondary N) is 1. The lowest BCUT2D eigenvalue weighted by atomic mass is 10.1. The molecule has 1 fully saturated rings. The molecule has 1 aromatic carbocycles. The third-order valence-electron chi connectivity index (χ3n) is 4.32. The summed E-state index contributed by atoms with van der Waals surface area (Å²) in [6.07, 6.45) is 2.27. The van der Waals surface area contributed by atoms with Crippen molar-refractivity contribution in [2.24, 2.45) is 0 Å². The Hall–Kier alpha value is -2.96. The molecule has 0 bridgehead atoms. The van der Waals surface area contributed by atoms with Crippen molar-refractivity contribution in [3.05, 3.63) is 54.0 Å². The number of nitrogens with zero attached hydrogens (tertiary/aromatic N) is 4. The molecular formula is C18H21N5O2. The van der Waals surface area contributed by atoms with E-state index in [2.05, 4.69) is 20.2 Å². The van der Waals surface area contributed by atoms with E-state index in [1.807, 2.05) is 37.3 Å². The van der Waals surface area contributed by atoms with Gasteiger partial charge in [-0.3, -0.25) is 9.59 Å². The van der Waals surface area contributed by atoms with E-state index in [1.165, 1.54) is 6.33 Å². The molecule has 2 heterocycles. The van der Waals surface area contributed by atoms with Gasteiger partial charge in [-0.05, 0) is 12.5 Å². The van der Waals surface area contributed by atoms with Gasteiger partial charge in [-0.15, -0.1) is 0 Å². The molecule has 7 heteroatoms. The molecule has 0 saturated carbocycles. The summed E-state index contributed by atoms with van der Waals surface area (Å²) >= 11 is 0. The molecule has 2 amide bonds. The van der Waals surface area contributed by atoms with Crippen LogP contribution in [0.4, 0.5) is 5.82 Å². The maximum atomic E-state index is 12.5. The number of carbonyl (C=O) groups is 2. The zero-order valence-electron chi connectivity index (χ0n) is 14.1. The monoisotopic (exact) mass is 339 g/mol. The Kier molecular flexibility index (Phi) is 5.23. The second-order valence-electron chi connectivity index (χ2n) is 6.00. The van der Waals surface area contributed by atoms with Crippen molar-refractivity contribution >= 4 is 18.1 Å². The van der Waals surface area contributed by atoms with Crippen LogP contribution in [0.15, 0.2) is 42.7 Å². The van der Waals surface area contributed by atoms with E-state index in [9.17, 15) is 9.59 Å². The van der Waals surface area contributed by atoms with E-state index in [1.54, 1.807) is 11.0 Å². The summed E-state index contributed by atoms with van der Waals surface area (Å²) in [5.74, 6) is 0.476. The molecule has 0 aliphatic carbocycles. The van der Waals surface area contributed by atoms with Crippen molar-refractivity contribution < 1.29 is 9.59 Å². The number of rotatable bonds is 5. The van der Waals surface area contributed by atoms with Gasteiger partial charge in [0, 0.05) is 32.2 Å². The molecule has 7 nitrogen and oxygen atoms in total. The van der Waals surface area contributed by atoms with Crippen LogP contribution < -0.4 is 10.2 Å². The molecule has 130 valence electrons. The minimum Gasteiger partial charge on any atom is -0.353 e. The van der Waals surface area contributed by atoms with Gasteiger partial charge in [0.05, 0.1) is 6.04 Å². The molecular weight excluding hydrogens is 318 g/mol. The predicted molar refractivity (Wildman–Crippen MR) is 94.2 cm³/mol. The summed E-state index contributed by atoms with van der Waals surface area (Å²) in [7, 11) is 0.